The second-order valence-electron chi connectivity index (χ2n) is 5.99. The molecule has 3 heterocycles. The second kappa shape index (κ2) is 6.96. The summed E-state index contributed by atoms with van der Waals surface area (Å²) in [5.74, 6) is 1.35. The van der Waals surface area contributed by atoms with E-state index in [1.165, 1.54) is 10.6 Å². The number of nitrogens with one attached hydrogen (secondary N) is 1. The summed E-state index contributed by atoms with van der Waals surface area (Å²) >= 11 is 4.74. The first-order chi connectivity index (χ1) is 11.6. The summed E-state index contributed by atoms with van der Waals surface area (Å²) in [7, 11) is 0. The summed E-state index contributed by atoms with van der Waals surface area (Å²) in [6.07, 6.45) is 5.31. The molecular formula is C16H20N6OS. The van der Waals surface area contributed by atoms with E-state index in [1.807, 2.05) is 12.1 Å². The van der Waals surface area contributed by atoms with Crippen LogP contribution in [0.2, 0.25) is 0 Å². The first-order valence-electron chi connectivity index (χ1n) is 7.91. The number of fused-ring (bicyclic) bond motifs is 1. The van der Waals surface area contributed by atoms with Gasteiger partial charge in [0.15, 0.2) is 5.11 Å². The fourth-order valence-corrected chi connectivity index (χ4v) is 2.88. The normalized spacial score (nSPS) is 16.0. The van der Waals surface area contributed by atoms with Crippen LogP contribution in [0.15, 0.2) is 34.3 Å². The minimum Gasteiger partial charge on any atom is -0.375 e. The quantitative estimate of drug-likeness (QED) is 0.492. The Kier molecular flexibility index (Phi) is 4.75. The van der Waals surface area contributed by atoms with E-state index in [9.17, 15) is 4.79 Å². The zero-order valence-electron chi connectivity index (χ0n) is 13.5. The van der Waals surface area contributed by atoms with E-state index in [0.29, 0.717) is 22.9 Å². The van der Waals surface area contributed by atoms with Gasteiger partial charge in [0.2, 0.25) is 0 Å². The lowest BCUT2D eigenvalue weighted by Crippen LogP contribution is -2.36. The lowest BCUT2D eigenvalue weighted by Gasteiger charge is -2.32. The number of nitrogens with zero attached hydrogens (tertiary/aromatic N) is 4. The van der Waals surface area contributed by atoms with Crippen LogP contribution in [0.4, 0.5) is 5.82 Å². The highest BCUT2D eigenvalue weighted by Gasteiger charge is 2.21. The van der Waals surface area contributed by atoms with E-state index in [1.54, 1.807) is 12.3 Å². The molecule has 7 nitrogen and oxygen atoms in total. The van der Waals surface area contributed by atoms with Crippen LogP contribution in [0.5, 0.6) is 0 Å². The van der Waals surface area contributed by atoms with Crippen molar-refractivity contribution >= 4 is 35.0 Å². The number of hydrazone groups is 1. The maximum Gasteiger partial charge on any atom is 0.268 e. The van der Waals surface area contributed by atoms with Gasteiger partial charge >= 0.3 is 0 Å². The molecule has 1 aliphatic heterocycles. The minimum atomic E-state index is -0.164. The summed E-state index contributed by atoms with van der Waals surface area (Å²) in [6.45, 7) is 3.99. The third-order valence-corrected chi connectivity index (χ3v) is 4.29. The third-order valence-electron chi connectivity index (χ3n) is 4.20. The van der Waals surface area contributed by atoms with Crippen molar-refractivity contribution in [3.63, 3.8) is 0 Å². The SMILES string of the molecule is CC1CCN(c2nc3ccccn3c(=O)c2/C=N/NC(N)=S)CC1. The lowest BCUT2D eigenvalue weighted by atomic mass is 9.99. The first kappa shape index (κ1) is 16.4. The van der Waals surface area contributed by atoms with E-state index >= 15 is 0 Å². The number of hydrogen-bond acceptors (Lipinski definition) is 5. The van der Waals surface area contributed by atoms with Gasteiger partial charge in [-0.2, -0.15) is 5.10 Å². The van der Waals surface area contributed by atoms with Gasteiger partial charge in [0.1, 0.15) is 17.0 Å². The predicted octanol–water partition coefficient (Wildman–Crippen LogP) is 1.10. The molecule has 1 saturated heterocycles. The molecule has 1 aliphatic rings. The highest BCUT2D eigenvalue weighted by atomic mass is 32.1. The zero-order chi connectivity index (χ0) is 17.1. The van der Waals surface area contributed by atoms with Crippen LogP contribution in [0.3, 0.4) is 0 Å². The smallest absolute Gasteiger partial charge is 0.268 e. The van der Waals surface area contributed by atoms with Crippen molar-refractivity contribution in [2.75, 3.05) is 18.0 Å². The molecule has 0 aliphatic carbocycles. The fourth-order valence-electron chi connectivity index (χ4n) is 2.83. The van der Waals surface area contributed by atoms with Crippen LogP contribution in [-0.2, 0) is 0 Å². The van der Waals surface area contributed by atoms with Crippen LogP contribution in [0, 0.1) is 5.92 Å². The van der Waals surface area contributed by atoms with E-state index in [2.05, 4.69) is 27.3 Å². The number of rotatable bonds is 3. The van der Waals surface area contributed by atoms with Crippen molar-refractivity contribution in [1.29, 1.82) is 0 Å². The van der Waals surface area contributed by atoms with E-state index in [0.717, 1.165) is 25.9 Å². The van der Waals surface area contributed by atoms with Crippen molar-refractivity contribution in [3.8, 4) is 0 Å². The zero-order valence-corrected chi connectivity index (χ0v) is 14.3. The van der Waals surface area contributed by atoms with Gasteiger partial charge in [-0.1, -0.05) is 13.0 Å². The Morgan fingerprint density at radius 2 is 2.21 bits per heavy atom. The summed E-state index contributed by atoms with van der Waals surface area (Å²) in [5, 5.41) is 4.01. The van der Waals surface area contributed by atoms with Gasteiger partial charge in [-0.05, 0) is 43.1 Å². The maximum atomic E-state index is 12.8. The number of piperidine rings is 1. The predicted molar refractivity (Wildman–Crippen MR) is 99.6 cm³/mol. The van der Waals surface area contributed by atoms with E-state index < -0.39 is 0 Å². The van der Waals surface area contributed by atoms with Crippen molar-refractivity contribution in [2.24, 2.45) is 16.8 Å². The molecule has 0 atom stereocenters. The average molecular weight is 344 g/mol. The van der Waals surface area contributed by atoms with Gasteiger partial charge in [-0.3, -0.25) is 14.6 Å². The summed E-state index contributed by atoms with van der Waals surface area (Å²) < 4.78 is 1.51. The Balaban J connectivity index is 2.08. The highest BCUT2D eigenvalue weighted by molar-refractivity contribution is 7.80. The molecule has 0 amide bonds. The molecular weight excluding hydrogens is 324 g/mol. The molecule has 126 valence electrons. The van der Waals surface area contributed by atoms with Gasteiger partial charge in [0.25, 0.3) is 5.56 Å². The molecule has 8 heteroatoms. The molecule has 0 bridgehead atoms. The Bertz CT molecular complexity index is 838. The molecule has 2 aromatic heterocycles. The average Bonchev–Trinajstić information content (AvgIpc) is 2.57. The summed E-state index contributed by atoms with van der Waals surface area (Å²) in [6, 6.07) is 5.49. The van der Waals surface area contributed by atoms with Crippen LogP contribution in [-0.4, -0.2) is 33.8 Å². The Labute approximate surface area is 145 Å². The second-order valence-corrected chi connectivity index (χ2v) is 6.43. The van der Waals surface area contributed by atoms with Crippen molar-refractivity contribution in [1.82, 2.24) is 14.8 Å². The number of pyridine rings is 1. The molecule has 0 radical (unpaired) electrons. The fraction of sp³-hybridized carbons (Fsp3) is 0.375. The van der Waals surface area contributed by atoms with Gasteiger partial charge < -0.3 is 10.6 Å². The van der Waals surface area contributed by atoms with Crippen molar-refractivity contribution < 1.29 is 0 Å². The number of aromatic nitrogens is 2. The molecule has 2 aromatic rings. The summed E-state index contributed by atoms with van der Waals surface area (Å²) in [5.41, 5.74) is 8.75. The number of hydrogen-bond donors (Lipinski definition) is 2. The molecule has 0 unspecified atom stereocenters. The Morgan fingerprint density at radius 1 is 1.46 bits per heavy atom. The number of thiocarbonyl (C=S) groups is 1. The van der Waals surface area contributed by atoms with Gasteiger partial charge in [-0.25, -0.2) is 4.98 Å². The monoisotopic (exact) mass is 344 g/mol. The lowest BCUT2D eigenvalue weighted by molar-refractivity contribution is 0.436. The molecule has 3 rings (SSSR count). The minimum absolute atomic E-state index is 0.0495. The first-order valence-corrected chi connectivity index (χ1v) is 8.32. The van der Waals surface area contributed by atoms with E-state index in [4.69, 9.17) is 18.0 Å². The number of anilines is 1. The van der Waals surface area contributed by atoms with E-state index in [-0.39, 0.29) is 10.7 Å². The van der Waals surface area contributed by atoms with Crippen LogP contribution < -0.4 is 21.6 Å². The van der Waals surface area contributed by atoms with Gasteiger partial charge in [0.05, 0.1) is 6.21 Å². The van der Waals surface area contributed by atoms with Crippen molar-refractivity contribution in [3.05, 3.63) is 40.3 Å². The number of nitrogens with two attached hydrogens (primary N) is 1. The Morgan fingerprint density at radius 3 is 2.92 bits per heavy atom. The Hall–Kier alpha value is -2.48. The maximum absolute atomic E-state index is 12.8. The topological polar surface area (TPSA) is 88.0 Å². The molecule has 3 N–H and O–H groups in total. The summed E-state index contributed by atoms with van der Waals surface area (Å²) in [4.78, 5) is 19.7. The molecule has 0 aromatic carbocycles. The molecule has 0 saturated carbocycles. The highest BCUT2D eigenvalue weighted by Crippen LogP contribution is 2.23. The molecule has 24 heavy (non-hydrogen) atoms. The van der Waals surface area contributed by atoms with Crippen LogP contribution in [0.25, 0.3) is 5.65 Å². The molecule has 1 fully saturated rings. The van der Waals surface area contributed by atoms with Crippen molar-refractivity contribution in [2.45, 2.75) is 19.8 Å². The standard InChI is InChI=1S/C16H20N6OS/c1-11-5-8-21(9-6-11)14-12(10-18-20-16(17)24)15(23)22-7-3-2-4-13(22)19-14/h2-4,7,10-11H,5-6,8-9H2,1H3,(H3,17,20,24)/b18-10+. The third kappa shape index (κ3) is 3.38. The van der Waals surface area contributed by atoms with Gasteiger partial charge in [0, 0.05) is 19.3 Å². The van der Waals surface area contributed by atoms with Crippen LogP contribution in [0.1, 0.15) is 25.3 Å². The van der Waals surface area contributed by atoms with Crippen LogP contribution >= 0.6 is 12.2 Å². The largest absolute Gasteiger partial charge is 0.375 e. The molecule has 0 spiro atoms. The van der Waals surface area contributed by atoms with Gasteiger partial charge in [-0.15, -0.1) is 0 Å².